The van der Waals surface area contributed by atoms with Crippen molar-refractivity contribution < 1.29 is 13.9 Å². The van der Waals surface area contributed by atoms with E-state index in [1.807, 2.05) is 25.1 Å². The van der Waals surface area contributed by atoms with Gasteiger partial charge >= 0.3 is 0 Å². The topological polar surface area (TPSA) is 21.7 Å². The number of ether oxygens (including phenoxy) is 2. The molecule has 2 rings (SSSR count). The van der Waals surface area contributed by atoms with E-state index in [1.54, 1.807) is 25.3 Å². The van der Waals surface area contributed by atoms with Crippen LogP contribution < -0.4 is 14.4 Å². The summed E-state index contributed by atoms with van der Waals surface area (Å²) in [5.41, 5.74) is 1.79. The van der Waals surface area contributed by atoms with Gasteiger partial charge in [0.1, 0.15) is 5.82 Å². The highest BCUT2D eigenvalue weighted by Crippen LogP contribution is 2.39. The van der Waals surface area contributed by atoms with Gasteiger partial charge in [0.2, 0.25) is 0 Å². The van der Waals surface area contributed by atoms with E-state index < -0.39 is 0 Å². The smallest absolute Gasteiger partial charge is 0.169 e. The molecule has 20 heavy (non-hydrogen) atoms. The number of methoxy groups -OCH3 is 2. The first kappa shape index (κ1) is 14.2. The fourth-order valence-electron chi connectivity index (χ4n) is 2.01. The van der Waals surface area contributed by atoms with E-state index in [9.17, 15) is 4.39 Å². The van der Waals surface area contributed by atoms with E-state index in [2.05, 4.69) is 6.07 Å². The number of benzene rings is 2. The number of halogens is 1. The van der Waals surface area contributed by atoms with Gasteiger partial charge in [-0.05, 0) is 36.4 Å². The molecule has 0 aromatic heterocycles. The molecule has 105 valence electrons. The molecule has 0 fully saturated rings. The molecule has 0 N–H and O–H groups in total. The minimum Gasteiger partial charge on any atom is -0.493 e. The SMILES string of the molecule is COc1cc[c]c(-c2ccc(N(C)C)cc2F)c1OC. The Morgan fingerprint density at radius 2 is 1.85 bits per heavy atom. The van der Waals surface area contributed by atoms with Gasteiger partial charge in [-0.25, -0.2) is 4.39 Å². The second-order valence-corrected chi connectivity index (χ2v) is 4.51. The van der Waals surface area contributed by atoms with E-state index in [0.29, 0.717) is 22.6 Å². The summed E-state index contributed by atoms with van der Waals surface area (Å²) in [6.07, 6.45) is 0. The second kappa shape index (κ2) is 5.82. The van der Waals surface area contributed by atoms with Crippen molar-refractivity contribution in [3.05, 3.63) is 42.2 Å². The van der Waals surface area contributed by atoms with E-state index in [4.69, 9.17) is 9.47 Å². The molecule has 3 nitrogen and oxygen atoms in total. The van der Waals surface area contributed by atoms with Crippen LogP contribution in [0.15, 0.2) is 30.3 Å². The van der Waals surface area contributed by atoms with Gasteiger partial charge in [-0.2, -0.15) is 0 Å². The van der Waals surface area contributed by atoms with Crippen molar-refractivity contribution in [1.82, 2.24) is 0 Å². The predicted molar refractivity (Wildman–Crippen MR) is 78.1 cm³/mol. The van der Waals surface area contributed by atoms with Crippen LogP contribution in [0.2, 0.25) is 0 Å². The molecule has 0 saturated carbocycles. The Labute approximate surface area is 118 Å². The molecule has 2 aromatic rings. The summed E-state index contributed by atoms with van der Waals surface area (Å²) in [6, 6.07) is 11.5. The molecule has 0 bridgehead atoms. The Bertz CT molecular complexity index is 611. The summed E-state index contributed by atoms with van der Waals surface area (Å²) in [5, 5.41) is 0. The van der Waals surface area contributed by atoms with Crippen molar-refractivity contribution in [2.45, 2.75) is 0 Å². The van der Waals surface area contributed by atoms with Gasteiger partial charge in [-0.3, -0.25) is 0 Å². The summed E-state index contributed by atoms with van der Waals surface area (Å²) in [5.74, 6) is 0.711. The molecular weight excluding hydrogens is 257 g/mol. The molecule has 4 heteroatoms. The van der Waals surface area contributed by atoms with Crippen LogP contribution in [0.4, 0.5) is 10.1 Å². The van der Waals surface area contributed by atoms with Crippen LogP contribution >= 0.6 is 0 Å². The third kappa shape index (κ3) is 2.54. The molecule has 0 unspecified atom stereocenters. The highest BCUT2D eigenvalue weighted by molar-refractivity contribution is 5.75. The van der Waals surface area contributed by atoms with Crippen molar-refractivity contribution in [2.24, 2.45) is 0 Å². The van der Waals surface area contributed by atoms with Crippen LogP contribution in [-0.4, -0.2) is 28.3 Å². The zero-order valence-corrected chi connectivity index (χ0v) is 12.0. The molecule has 2 aromatic carbocycles. The van der Waals surface area contributed by atoms with E-state index in [-0.39, 0.29) is 5.82 Å². The van der Waals surface area contributed by atoms with Gasteiger partial charge in [0.05, 0.1) is 14.2 Å². The molecule has 0 atom stereocenters. The van der Waals surface area contributed by atoms with E-state index >= 15 is 0 Å². The summed E-state index contributed by atoms with van der Waals surface area (Å²) in [6.45, 7) is 0. The normalized spacial score (nSPS) is 10.2. The highest BCUT2D eigenvalue weighted by atomic mass is 19.1. The minimum atomic E-state index is -0.320. The zero-order chi connectivity index (χ0) is 14.7. The summed E-state index contributed by atoms with van der Waals surface area (Å²) < 4.78 is 24.9. The third-order valence-corrected chi connectivity index (χ3v) is 3.08. The maximum Gasteiger partial charge on any atom is 0.169 e. The average molecular weight is 274 g/mol. The molecule has 0 heterocycles. The predicted octanol–water partition coefficient (Wildman–Crippen LogP) is 3.38. The second-order valence-electron chi connectivity index (χ2n) is 4.51. The van der Waals surface area contributed by atoms with Crippen molar-refractivity contribution >= 4 is 5.69 Å². The van der Waals surface area contributed by atoms with Crippen LogP contribution in [0, 0.1) is 11.9 Å². The number of rotatable bonds is 4. The number of hydrogen-bond donors (Lipinski definition) is 0. The van der Waals surface area contributed by atoms with Crippen LogP contribution in [0.1, 0.15) is 0 Å². The standard InChI is InChI=1S/C16H17FNO2/c1-18(2)11-8-9-12(14(17)10-11)13-6-5-7-15(19-3)16(13)20-4/h5,7-10H,1-4H3. The molecular formula is C16H17FNO2. The third-order valence-electron chi connectivity index (χ3n) is 3.08. The van der Waals surface area contributed by atoms with Gasteiger partial charge in [-0.15, -0.1) is 0 Å². The van der Waals surface area contributed by atoms with E-state index in [1.165, 1.54) is 13.2 Å². The monoisotopic (exact) mass is 274 g/mol. The fourth-order valence-corrected chi connectivity index (χ4v) is 2.01. The molecule has 0 spiro atoms. The average Bonchev–Trinajstić information content (AvgIpc) is 2.46. The van der Waals surface area contributed by atoms with Crippen LogP contribution in [0.25, 0.3) is 11.1 Å². The number of hydrogen-bond acceptors (Lipinski definition) is 3. The maximum atomic E-state index is 14.3. The first-order chi connectivity index (χ1) is 9.58. The largest absolute Gasteiger partial charge is 0.493 e. The van der Waals surface area contributed by atoms with Gasteiger partial charge in [-0.1, -0.05) is 0 Å². The first-order valence-corrected chi connectivity index (χ1v) is 6.18. The summed E-state index contributed by atoms with van der Waals surface area (Å²) in [4.78, 5) is 1.85. The first-order valence-electron chi connectivity index (χ1n) is 6.18. The summed E-state index contributed by atoms with van der Waals surface area (Å²) in [7, 11) is 6.81. The highest BCUT2D eigenvalue weighted by Gasteiger charge is 2.15. The zero-order valence-electron chi connectivity index (χ0n) is 12.0. The fraction of sp³-hybridized carbons (Fsp3) is 0.250. The van der Waals surface area contributed by atoms with Crippen molar-refractivity contribution in [1.29, 1.82) is 0 Å². The van der Waals surface area contributed by atoms with E-state index in [0.717, 1.165) is 5.69 Å². The molecule has 0 amide bonds. The maximum absolute atomic E-state index is 14.3. The Kier molecular flexibility index (Phi) is 4.13. The van der Waals surface area contributed by atoms with Gasteiger partial charge in [0.15, 0.2) is 11.5 Å². The van der Waals surface area contributed by atoms with Gasteiger partial charge in [0, 0.05) is 30.9 Å². The molecule has 0 aliphatic heterocycles. The Morgan fingerprint density at radius 1 is 1.10 bits per heavy atom. The quantitative estimate of drug-likeness (QED) is 0.853. The molecule has 0 aliphatic rings. The Morgan fingerprint density at radius 3 is 2.40 bits per heavy atom. The lowest BCUT2D eigenvalue weighted by molar-refractivity contribution is 0.356. The molecule has 1 radical (unpaired) electrons. The lowest BCUT2D eigenvalue weighted by Gasteiger charge is -2.16. The van der Waals surface area contributed by atoms with Crippen molar-refractivity contribution in [2.75, 3.05) is 33.2 Å². The summed E-state index contributed by atoms with van der Waals surface area (Å²) >= 11 is 0. The lowest BCUT2D eigenvalue weighted by atomic mass is 10.0. The van der Waals surface area contributed by atoms with Crippen LogP contribution in [-0.2, 0) is 0 Å². The number of nitrogens with zero attached hydrogens (tertiary/aromatic N) is 1. The van der Waals surface area contributed by atoms with Gasteiger partial charge < -0.3 is 14.4 Å². The molecule has 0 saturated heterocycles. The Hall–Kier alpha value is -2.23. The Balaban J connectivity index is 2.57. The number of anilines is 1. The van der Waals surface area contributed by atoms with Crippen molar-refractivity contribution in [3.63, 3.8) is 0 Å². The lowest BCUT2D eigenvalue weighted by Crippen LogP contribution is -2.08. The van der Waals surface area contributed by atoms with Crippen molar-refractivity contribution in [3.8, 4) is 22.6 Å². The molecule has 0 aliphatic carbocycles. The minimum absolute atomic E-state index is 0.320. The van der Waals surface area contributed by atoms with Gasteiger partial charge in [0.25, 0.3) is 0 Å². The van der Waals surface area contributed by atoms with Crippen LogP contribution in [0.5, 0.6) is 11.5 Å². The van der Waals surface area contributed by atoms with Crippen LogP contribution in [0.3, 0.4) is 0 Å².